The van der Waals surface area contributed by atoms with Crippen molar-refractivity contribution in [2.75, 3.05) is 0 Å². The van der Waals surface area contributed by atoms with Crippen LogP contribution in [-0.2, 0) is 5.75 Å². The zero-order chi connectivity index (χ0) is 6.69. The number of hydrogen-bond acceptors (Lipinski definition) is 3. The first-order valence-electron chi connectivity index (χ1n) is 2.71. The third-order valence-electron chi connectivity index (χ3n) is 1.18. The Morgan fingerprint density at radius 1 is 1.67 bits per heavy atom. The SMILES string of the molecule is Cc1ncncc1CS. The number of rotatable bonds is 1. The highest BCUT2D eigenvalue weighted by Gasteiger charge is 1.92. The van der Waals surface area contributed by atoms with Crippen LogP contribution >= 0.6 is 12.6 Å². The molecule has 0 unspecified atom stereocenters. The molecular weight excluding hydrogens is 132 g/mol. The van der Waals surface area contributed by atoms with E-state index in [9.17, 15) is 0 Å². The first-order chi connectivity index (χ1) is 4.34. The summed E-state index contributed by atoms with van der Waals surface area (Å²) in [4.78, 5) is 7.85. The van der Waals surface area contributed by atoms with Crippen molar-refractivity contribution < 1.29 is 0 Å². The summed E-state index contributed by atoms with van der Waals surface area (Å²) in [7, 11) is 0. The van der Waals surface area contributed by atoms with Crippen molar-refractivity contribution in [3.63, 3.8) is 0 Å². The van der Waals surface area contributed by atoms with Crippen LogP contribution in [0.15, 0.2) is 12.5 Å². The summed E-state index contributed by atoms with van der Waals surface area (Å²) >= 11 is 4.10. The summed E-state index contributed by atoms with van der Waals surface area (Å²) in [5.41, 5.74) is 2.11. The van der Waals surface area contributed by atoms with Gasteiger partial charge in [0.25, 0.3) is 0 Å². The van der Waals surface area contributed by atoms with E-state index < -0.39 is 0 Å². The molecule has 0 N–H and O–H groups in total. The van der Waals surface area contributed by atoms with Crippen molar-refractivity contribution in [3.05, 3.63) is 23.8 Å². The normalized spacial score (nSPS) is 9.56. The topological polar surface area (TPSA) is 25.8 Å². The number of hydrogen-bond donors (Lipinski definition) is 1. The summed E-state index contributed by atoms with van der Waals surface area (Å²) in [5, 5.41) is 0. The van der Waals surface area contributed by atoms with Crippen molar-refractivity contribution in [1.29, 1.82) is 0 Å². The van der Waals surface area contributed by atoms with Gasteiger partial charge in [0.1, 0.15) is 6.33 Å². The van der Waals surface area contributed by atoms with Gasteiger partial charge in [-0.15, -0.1) is 0 Å². The Morgan fingerprint density at radius 2 is 2.44 bits per heavy atom. The lowest BCUT2D eigenvalue weighted by atomic mass is 10.3. The molecule has 9 heavy (non-hydrogen) atoms. The number of aryl methyl sites for hydroxylation is 1. The second-order valence-electron chi connectivity index (χ2n) is 1.79. The molecule has 0 aliphatic heterocycles. The quantitative estimate of drug-likeness (QED) is 0.593. The van der Waals surface area contributed by atoms with Gasteiger partial charge in [-0.1, -0.05) is 0 Å². The maximum Gasteiger partial charge on any atom is 0.115 e. The maximum absolute atomic E-state index is 4.10. The van der Waals surface area contributed by atoms with Crippen LogP contribution in [-0.4, -0.2) is 9.97 Å². The van der Waals surface area contributed by atoms with E-state index in [1.54, 1.807) is 12.5 Å². The minimum Gasteiger partial charge on any atom is -0.244 e. The van der Waals surface area contributed by atoms with Crippen molar-refractivity contribution in [2.24, 2.45) is 0 Å². The molecule has 0 amide bonds. The monoisotopic (exact) mass is 140 g/mol. The van der Waals surface area contributed by atoms with E-state index in [1.807, 2.05) is 6.92 Å². The molecule has 0 saturated heterocycles. The van der Waals surface area contributed by atoms with Gasteiger partial charge in [-0.3, -0.25) is 0 Å². The third kappa shape index (κ3) is 1.42. The number of thiol groups is 1. The third-order valence-corrected chi connectivity index (χ3v) is 1.52. The molecule has 1 aromatic heterocycles. The molecule has 1 heterocycles. The molecule has 0 spiro atoms. The minimum atomic E-state index is 0.715. The fraction of sp³-hybridized carbons (Fsp3) is 0.333. The number of nitrogens with zero attached hydrogens (tertiary/aromatic N) is 2. The Hall–Kier alpha value is -0.570. The van der Waals surface area contributed by atoms with Crippen molar-refractivity contribution in [3.8, 4) is 0 Å². The summed E-state index contributed by atoms with van der Waals surface area (Å²) in [6, 6.07) is 0. The minimum absolute atomic E-state index is 0.715. The fourth-order valence-corrected chi connectivity index (χ4v) is 0.885. The molecule has 0 fully saturated rings. The zero-order valence-electron chi connectivity index (χ0n) is 5.20. The predicted octanol–water partition coefficient (Wildman–Crippen LogP) is 1.21. The summed E-state index contributed by atoms with van der Waals surface area (Å²) < 4.78 is 0. The van der Waals surface area contributed by atoms with E-state index in [2.05, 4.69) is 22.6 Å². The van der Waals surface area contributed by atoms with Gasteiger partial charge in [0.2, 0.25) is 0 Å². The lowest BCUT2D eigenvalue weighted by Crippen LogP contribution is -1.89. The van der Waals surface area contributed by atoms with Gasteiger partial charge in [0.05, 0.1) is 0 Å². The molecule has 2 nitrogen and oxygen atoms in total. The van der Waals surface area contributed by atoms with Crippen LogP contribution in [0.2, 0.25) is 0 Å². The largest absolute Gasteiger partial charge is 0.244 e. The Morgan fingerprint density at radius 3 is 2.89 bits per heavy atom. The highest BCUT2D eigenvalue weighted by Crippen LogP contribution is 2.03. The summed E-state index contributed by atoms with van der Waals surface area (Å²) in [6.45, 7) is 1.95. The summed E-state index contributed by atoms with van der Waals surface area (Å²) in [6.07, 6.45) is 3.33. The highest BCUT2D eigenvalue weighted by atomic mass is 32.1. The van der Waals surface area contributed by atoms with Crippen molar-refractivity contribution >= 4 is 12.6 Å². The fourth-order valence-electron chi connectivity index (χ4n) is 0.575. The van der Waals surface area contributed by atoms with Gasteiger partial charge in [-0.05, 0) is 6.92 Å². The van der Waals surface area contributed by atoms with Gasteiger partial charge < -0.3 is 0 Å². The molecule has 0 atom stereocenters. The van der Waals surface area contributed by atoms with Crippen LogP contribution < -0.4 is 0 Å². The second kappa shape index (κ2) is 2.82. The Labute approximate surface area is 59.8 Å². The molecule has 0 saturated carbocycles. The molecule has 0 radical (unpaired) electrons. The molecule has 1 aromatic rings. The number of aromatic nitrogens is 2. The van der Waals surface area contributed by atoms with E-state index >= 15 is 0 Å². The molecule has 3 heteroatoms. The van der Waals surface area contributed by atoms with Crippen LogP contribution in [0.4, 0.5) is 0 Å². The van der Waals surface area contributed by atoms with Crippen molar-refractivity contribution in [2.45, 2.75) is 12.7 Å². The molecule has 1 rings (SSSR count). The highest BCUT2D eigenvalue weighted by molar-refractivity contribution is 7.79. The molecule has 48 valence electrons. The maximum atomic E-state index is 4.10. The van der Waals surface area contributed by atoms with Crippen LogP contribution in [0.5, 0.6) is 0 Å². The van der Waals surface area contributed by atoms with Crippen molar-refractivity contribution in [1.82, 2.24) is 9.97 Å². The van der Waals surface area contributed by atoms with Gasteiger partial charge >= 0.3 is 0 Å². The first kappa shape index (κ1) is 6.55. The lowest BCUT2D eigenvalue weighted by Gasteiger charge is -1.95. The van der Waals surface area contributed by atoms with E-state index in [-0.39, 0.29) is 0 Å². The van der Waals surface area contributed by atoms with Gasteiger partial charge in [-0.2, -0.15) is 12.6 Å². The first-order valence-corrected chi connectivity index (χ1v) is 3.34. The average Bonchev–Trinajstić information content (AvgIpc) is 1.89. The molecular formula is C6H8N2S. The molecule has 0 aliphatic carbocycles. The molecule has 0 bridgehead atoms. The lowest BCUT2D eigenvalue weighted by molar-refractivity contribution is 1.05. The van der Waals surface area contributed by atoms with Crippen LogP contribution in [0, 0.1) is 6.92 Å². The smallest absolute Gasteiger partial charge is 0.115 e. The van der Waals surface area contributed by atoms with E-state index in [4.69, 9.17) is 0 Å². The van der Waals surface area contributed by atoms with E-state index in [1.165, 1.54) is 0 Å². The Kier molecular flexibility index (Phi) is 2.05. The Balaban J connectivity index is 3.01. The summed E-state index contributed by atoms with van der Waals surface area (Å²) in [5.74, 6) is 0.715. The zero-order valence-corrected chi connectivity index (χ0v) is 6.10. The van der Waals surface area contributed by atoms with Crippen LogP contribution in [0.1, 0.15) is 11.3 Å². The second-order valence-corrected chi connectivity index (χ2v) is 2.11. The van der Waals surface area contributed by atoms with E-state index in [0.717, 1.165) is 11.3 Å². The van der Waals surface area contributed by atoms with E-state index in [0.29, 0.717) is 5.75 Å². The van der Waals surface area contributed by atoms with Crippen LogP contribution in [0.25, 0.3) is 0 Å². The predicted molar refractivity (Wildman–Crippen MR) is 39.5 cm³/mol. The standard InChI is InChI=1S/C6H8N2S/c1-5-6(3-9)2-7-4-8-5/h2,4,9H,3H2,1H3. The average molecular weight is 140 g/mol. The van der Waals surface area contributed by atoms with Gasteiger partial charge in [0.15, 0.2) is 0 Å². The molecule has 0 aliphatic rings. The van der Waals surface area contributed by atoms with Gasteiger partial charge in [0, 0.05) is 23.2 Å². The molecule has 0 aromatic carbocycles. The van der Waals surface area contributed by atoms with Gasteiger partial charge in [-0.25, -0.2) is 9.97 Å². The Bertz CT molecular complexity index is 200. The van der Waals surface area contributed by atoms with Crippen LogP contribution in [0.3, 0.4) is 0 Å².